The molecule has 0 radical (unpaired) electrons. The van der Waals surface area contributed by atoms with Crippen LogP contribution in [0.3, 0.4) is 0 Å². The summed E-state index contributed by atoms with van der Waals surface area (Å²) in [5.41, 5.74) is 0.779. The minimum Gasteiger partial charge on any atom is -0.406 e. The lowest BCUT2D eigenvalue weighted by Crippen LogP contribution is -2.60. The summed E-state index contributed by atoms with van der Waals surface area (Å²) in [5.74, 6) is -0.333. The van der Waals surface area contributed by atoms with Gasteiger partial charge in [-0.2, -0.15) is 0 Å². The number of hydrazine groups is 1. The van der Waals surface area contributed by atoms with Gasteiger partial charge in [-0.05, 0) is 54.8 Å². The van der Waals surface area contributed by atoms with E-state index in [9.17, 15) is 23.4 Å². The molecule has 10 heteroatoms. The third-order valence-corrected chi connectivity index (χ3v) is 6.39. The van der Waals surface area contributed by atoms with Gasteiger partial charge in [0, 0.05) is 37.9 Å². The highest BCUT2D eigenvalue weighted by molar-refractivity contribution is 5.38. The van der Waals surface area contributed by atoms with E-state index in [0.29, 0.717) is 29.8 Å². The summed E-state index contributed by atoms with van der Waals surface area (Å²) in [6, 6.07) is 15.9. The number of benzene rings is 1. The zero-order valence-electron chi connectivity index (χ0n) is 19.3. The summed E-state index contributed by atoms with van der Waals surface area (Å²) < 4.78 is 41.9. The molecule has 1 aromatic carbocycles. The standard InChI is InChI=1S/C25H27F3N4O3/c1-31(2)32(23(34)21-8-4-6-14-30-21)18-15-24(16-18,22(33)20-7-3-5-13-29-20)17-9-11-19(12-10-17)35-25(26,27)28/h3-14,18,22-23,33-34H,15-16H2,1-2H3/t18?,22-,23+,24?/m1/s1. The van der Waals surface area contributed by atoms with Gasteiger partial charge >= 0.3 is 6.36 Å². The molecule has 186 valence electrons. The average molecular weight is 489 g/mol. The highest BCUT2D eigenvalue weighted by Gasteiger charge is 2.54. The van der Waals surface area contributed by atoms with E-state index in [1.54, 1.807) is 70.9 Å². The first kappa shape index (κ1) is 25.1. The van der Waals surface area contributed by atoms with Crippen LogP contribution < -0.4 is 4.74 Å². The second-order valence-corrected chi connectivity index (χ2v) is 8.80. The SMILES string of the molecule is CN(C)N(C1CC(c2ccc(OC(F)(F)F)cc2)([C@H](O)c2ccccn2)C1)[C@@H](O)c1ccccn1. The molecule has 35 heavy (non-hydrogen) atoms. The van der Waals surface area contributed by atoms with Crippen molar-refractivity contribution in [2.45, 2.75) is 43.0 Å². The van der Waals surface area contributed by atoms with Crippen LogP contribution in [0.15, 0.2) is 73.1 Å². The molecule has 1 saturated carbocycles. The third kappa shape index (κ3) is 5.30. The Morgan fingerprint density at radius 3 is 1.97 bits per heavy atom. The lowest BCUT2D eigenvalue weighted by Gasteiger charge is -2.56. The fourth-order valence-corrected chi connectivity index (χ4v) is 4.80. The average Bonchev–Trinajstić information content (AvgIpc) is 2.81. The molecule has 0 saturated heterocycles. The van der Waals surface area contributed by atoms with Gasteiger partial charge in [0.15, 0.2) is 6.23 Å². The predicted molar refractivity (Wildman–Crippen MR) is 122 cm³/mol. The molecule has 3 aromatic rings. The number of nitrogens with zero attached hydrogens (tertiary/aromatic N) is 4. The summed E-state index contributed by atoms with van der Waals surface area (Å²) in [6.07, 6.45) is -2.78. The molecule has 0 bridgehead atoms. The molecular weight excluding hydrogens is 461 g/mol. The van der Waals surface area contributed by atoms with E-state index in [0.717, 1.165) is 0 Å². The van der Waals surface area contributed by atoms with E-state index in [4.69, 9.17) is 0 Å². The highest BCUT2D eigenvalue weighted by atomic mass is 19.4. The van der Waals surface area contributed by atoms with E-state index in [1.807, 2.05) is 14.1 Å². The molecule has 1 fully saturated rings. The Kier molecular flexibility index (Phi) is 7.09. The summed E-state index contributed by atoms with van der Waals surface area (Å²) in [7, 11) is 3.62. The monoisotopic (exact) mass is 488 g/mol. The van der Waals surface area contributed by atoms with E-state index in [2.05, 4.69) is 14.7 Å². The number of pyridine rings is 2. The van der Waals surface area contributed by atoms with E-state index in [1.165, 1.54) is 12.1 Å². The molecule has 1 aliphatic rings. The van der Waals surface area contributed by atoms with Crippen molar-refractivity contribution in [3.8, 4) is 5.75 Å². The number of aliphatic hydroxyl groups is 2. The van der Waals surface area contributed by atoms with Crippen LogP contribution in [0.4, 0.5) is 13.2 Å². The Hall–Kier alpha value is -3.05. The van der Waals surface area contributed by atoms with Gasteiger partial charge in [0.25, 0.3) is 0 Å². The van der Waals surface area contributed by atoms with Crippen LogP contribution in [-0.4, -0.2) is 56.7 Å². The second-order valence-electron chi connectivity index (χ2n) is 8.80. The molecule has 7 nitrogen and oxygen atoms in total. The van der Waals surface area contributed by atoms with Crippen LogP contribution >= 0.6 is 0 Å². The van der Waals surface area contributed by atoms with Crippen LogP contribution in [-0.2, 0) is 5.41 Å². The largest absolute Gasteiger partial charge is 0.573 e. The third-order valence-electron chi connectivity index (χ3n) is 6.39. The fraction of sp³-hybridized carbons (Fsp3) is 0.360. The lowest BCUT2D eigenvalue weighted by atomic mass is 9.57. The Morgan fingerprint density at radius 2 is 1.49 bits per heavy atom. The van der Waals surface area contributed by atoms with Crippen LogP contribution in [0.25, 0.3) is 0 Å². The maximum absolute atomic E-state index is 12.6. The first-order valence-corrected chi connectivity index (χ1v) is 11.1. The lowest BCUT2D eigenvalue weighted by molar-refractivity contribution is -0.274. The van der Waals surface area contributed by atoms with Gasteiger partial charge in [-0.3, -0.25) is 9.97 Å². The first-order chi connectivity index (χ1) is 16.6. The summed E-state index contributed by atoms with van der Waals surface area (Å²) in [6.45, 7) is 0. The Bertz CT molecular complexity index is 1090. The van der Waals surface area contributed by atoms with Gasteiger partial charge in [-0.15, -0.1) is 13.2 Å². The number of aromatic nitrogens is 2. The van der Waals surface area contributed by atoms with Crippen molar-refractivity contribution in [1.29, 1.82) is 0 Å². The highest BCUT2D eigenvalue weighted by Crippen LogP contribution is 2.54. The Balaban J connectivity index is 1.64. The zero-order valence-corrected chi connectivity index (χ0v) is 19.3. The molecule has 0 aliphatic heterocycles. The number of halogens is 3. The summed E-state index contributed by atoms with van der Waals surface area (Å²) in [5, 5.41) is 26.0. The van der Waals surface area contributed by atoms with E-state index < -0.39 is 24.1 Å². The van der Waals surface area contributed by atoms with Crippen LogP contribution in [0.5, 0.6) is 5.75 Å². The van der Waals surface area contributed by atoms with E-state index in [-0.39, 0.29) is 11.8 Å². The molecule has 0 amide bonds. The van der Waals surface area contributed by atoms with Crippen molar-refractivity contribution in [2.75, 3.05) is 14.1 Å². The number of hydrogen-bond acceptors (Lipinski definition) is 7. The topological polar surface area (TPSA) is 82.0 Å². The number of hydrogen-bond donors (Lipinski definition) is 2. The van der Waals surface area contributed by atoms with Gasteiger partial charge in [0.1, 0.15) is 11.9 Å². The maximum atomic E-state index is 12.6. The Labute approximate surface area is 201 Å². The molecule has 0 spiro atoms. The second kappa shape index (κ2) is 9.90. The number of aliphatic hydroxyl groups excluding tert-OH is 2. The molecule has 4 rings (SSSR count). The minimum absolute atomic E-state index is 0.175. The molecule has 1 aliphatic carbocycles. The number of alkyl halides is 3. The van der Waals surface area contributed by atoms with Crippen molar-refractivity contribution >= 4 is 0 Å². The molecule has 0 unspecified atom stereocenters. The maximum Gasteiger partial charge on any atom is 0.573 e. The Morgan fingerprint density at radius 1 is 0.914 bits per heavy atom. The zero-order chi connectivity index (χ0) is 25.2. The first-order valence-electron chi connectivity index (χ1n) is 11.1. The van der Waals surface area contributed by atoms with Gasteiger partial charge in [0.05, 0.1) is 11.4 Å². The van der Waals surface area contributed by atoms with Crippen molar-refractivity contribution in [2.24, 2.45) is 0 Å². The molecule has 2 atom stereocenters. The van der Waals surface area contributed by atoms with Gasteiger partial charge in [-0.1, -0.05) is 24.3 Å². The summed E-state index contributed by atoms with van der Waals surface area (Å²) >= 11 is 0. The number of rotatable bonds is 8. The molecule has 2 N–H and O–H groups in total. The van der Waals surface area contributed by atoms with Gasteiger partial charge < -0.3 is 14.9 Å². The van der Waals surface area contributed by atoms with E-state index >= 15 is 0 Å². The summed E-state index contributed by atoms with van der Waals surface area (Å²) in [4.78, 5) is 8.55. The van der Waals surface area contributed by atoms with Crippen LogP contribution in [0.2, 0.25) is 0 Å². The minimum atomic E-state index is -4.79. The fourth-order valence-electron chi connectivity index (χ4n) is 4.80. The van der Waals surface area contributed by atoms with Crippen molar-refractivity contribution < 1.29 is 28.1 Å². The number of ether oxygens (including phenoxy) is 1. The molecule has 2 aromatic heterocycles. The molecular formula is C25H27F3N4O3. The van der Waals surface area contributed by atoms with Gasteiger partial charge in [-0.25, -0.2) is 10.0 Å². The van der Waals surface area contributed by atoms with Crippen molar-refractivity contribution in [3.05, 3.63) is 90.0 Å². The molecule has 2 heterocycles. The van der Waals surface area contributed by atoms with Gasteiger partial charge in [0.2, 0.25) is 0 Å². The van der Waals surface area contributed by atoms with Crippen molar-refractivity contribution in [3.63, 3.8) is 0 Å². The quantitative estimate of drug-likeness (QED) is 0.367. The van der Waals surface area contributed by atoms with Crippen LogP contribution in [0, 0.1) is 0 Å². The van der Waals surface area contributed by atoms with Crippen LogP contribution in [0.1, 0.15) is 42.1 Å². The van der Waals surface area contributed by atoms with Crippen molar-refractivity contribution in [1.82, 2.24) is 20.0 Å². The normalized spacial score (nSPS) is 22.0. The predicted octanol–water partition coefficient (Wildman–Crippen LogP) is 3.98. The smallest absolute Gasteiger partial charge is 0.406 e.